The molecule has 2 aliphatic heterocycles. The number of benzene rings is 2. The predicted octanol–water partition coefficient (Wildman–Crippen LogP) is 1.49. The lowest BCUT2D eigenvalue weighted by Gasteiger charge is -2.32. The van der Waals surface area contributed by atoms with E-state index in [9.17, 15) is 14.4 Å². The Balaban J connectivity index is 1.35. The van der Waals surface area contributed by atoms with Crippen molar-refractivity contribution in [2.24, 2.45) is 10.9 Å². The second-order valence-corrected chi connectivity index (χ2v) is 8.84. The molecule has 188 valence electrons. The summed E-state index contributed by atoms with van der Waals surface area (Å²) in [4.78, 5) is 45.2. The molecule has 0 aromatic heterocycles. The topological polar surface area (TPSA) is 147 Å². The Bertz CT molecular complexity index is 1190. The number of ether oxygens (including phenoxy) is 1. The number of hydrogen-bond donors (Lipinski definition) is 3. The molecule has 0 saturated carbocycles. The van der Waals surface area contributed by atoms with Crippen LogP contribution in [-0.4, -0.2) is 60.0 Å². The fourth-order valence-electron chi connectivity index (χ4n) is 4.36. The predicted molar refractivity (Wildman–Crippen MR) is 132 cm³/mol. The van der Waals surface area contributed by atoms with Crippen LogP contribution < -0.4 is 11.1 Å². The molecular formula is C26H29N5O5. The maximum Gasteiger partial charge on any atom is 0.308 e. The van der Waals surface area contributed by atoms with Gasteiger partial charge in [-0.25, -0.2) is 0 Å². The minimum atomic E-state index is -1.03. The Morgan fingerprint density at radius 2 is 1.92 bits per heavy atom. The molecule has 0 spiro atoms. The molecule has 10 heteroatoms. The fraction of sp³-hybridized carbons (Fsp3) is 0.346. The number of nitrogens with zero attached hydrogens (tertiary/aromatic N) is 2. The average molecular weight is 492 g/mol. The van der Waals surface area contributed by atoms with E-state index in [-0.39, 0.29) is 24.6 Å². The number of nitrogens with one attached hydrogen (secondary N) is 2. The van der Waals surface area contributed by atoms with Gasteiger partial charge in [0.05, 0.1) is 25.7 Å². The van der Waals surface area contributed by atoms with Gasteiger partial charge in [0.25, 0.3) is 0 Å². The third-order valence-corrected chi connectivity index (χ3v) is 6.35. The van der Waals surface area contributed by atoms with E-state index in [1.165, 1.54) is 12.7 Å². The highest BCUT2D eigenvalue weighted by Gasteiger charge is 2.32. The van der Waals surface area contributed by atoms with E-state index >= 15 is 0 Å². The molecular weight excluding hydrogens is 462 g/mol. The largest absolute Gasteiger partial charge is 0.469 e. The van der Waals surface area contributed by atoms with Gasteiger partial charge in [-0.15, -0.1) is 0 Å². The Morgan fingerprint density at radius 3 is 2.61 bits per heavy atom. The Hall–Kier alpha value is -4.21. The number of carbonyl (C=O) groups excluding carboxylic acids is 3. The number of oxime groups is 1. The minimum absolute atomic E-state index is 0.0215. The van der Waals surface area contributed by atoms with Crippen LogP contribution in [0.15, 0.2) is 53.7 Å². The Labute approximate surface area is 208 Å². The number of nitrogen functional groups attached to an aromatic ring is 1. The summed E-state index contributed by atoms with van der Waals surface area (Å²) in [7, 11) is 1.25. The molecule has 10 nitrogen and oxygen atoms in total. The third kappa shape index (κ3) is 5.88. The van der Waals surface area contributed by atoms with E-state index in [1.54, 1.807) is 29.2 Å². The SMILES string of the molecule is COC(=O)C[C@H](NC(=O)CC1CC(c2ccc(C(=N)N)cc2)=NO1)C(=O)N1CCc2ccccc2C1. The lowest BCUT2D eigenvalue weighted by Crippen LogP contribution is -2.51. The number of rotatable bonds is 8. The normalized spacial score (nSPS) is 17.3. The molecule has 2 atom stereocenters. The first-order valence-corrected chi connectivity index (χ1v) is 11.7. The molecule has 4 rings (SSSR count). The van der Waals surface area contributed by atoms with Gasteiger partial charge in [-0.3, -0.25) is 19.8 Å². The van der Waals surface area contributed by atoms with Crippen LogP contribution in [0.25, 0.3) is 0 Å². The lowest BCUT2D eigenvalue weighted by atomic mass is 9.99. The van der Waals surface area contributed by atoms with Crippen LogP contribution in [-0.2, 0) is 36.9 Å². The van der Waals surface area contributed by atoms with Crippen molar-refractivity contribution in [1.82, 2.24) is 10.2 Å². The molecule has 0 fully saturated rings. The van der Waals surface area contributed by atoms with E-state index in [0.29, 0.717) is 37.2 Å². The summed E-state index contributed by atoms with van der Waals surface area (Å²) >= 11 is 0. The molecule has 36 heavy (non-hydrogen) atoms. The van der Waals surface area contributed by atoms with Gasteiger partial charge in [0.2, 0.25) is 11.8 Å². The van der Waals surface area contributed by atoms with E-state index in [1.807, 2.05) is 24.3 Å². The fourth-order valence-corrected chi connectivity index (χ4v) is 4.36. The molecule has 0 radical (unpaired) electrons. The van der Waals surface area contributed by atoms with Gasteiger partial charge in [0.15, 0.2) is 0 Å². The summed E-state index contributed by atoms with van der Waals surface area (Å²) in [6.45, 7) is 0.933. The first kappa shape index (κ1) is 24.9. The molecule has 2 aromatic carbocycles. The monoisotopic (exact) mass is 491 g/mol. The number of nitrogens with two attached hydrogens (primary N) is 1. The molecule has 1 unspecified atom stereocenters. The van der Waals surface area contributed by atoms with E-state index in [4.69, 9.17) is 20.7 Å². The van der Waals surface area contributed by atoms with Crippen LogP contribution in [0.5, 0.6) is 0 Å². The Morgan fingerprint density at radius 1 is 1.19 bits per heavy atom. The summed E-state index contributed by atoms with van der Waals surface area (Å²) in [5.41, 5.74) is 9.84. The van der Waals surface area contributed by atoms with Gasteiger partial charge < -0.3 is 25.5 Å². The third-order valence-electron chi connectivity index (χ3n) is 6.35. The first-order chi connectivity index (χ1) is 17.3. The number of amidine groups is 1. The van der Waals surface area contributed by atoms with Crippen molar-refractivity contribution in [2.75, 3.05) is 13.7 Å². The summed E-state index contributed by atoms with van der Waals surface area (Å²) in [5.74, 6) is -1.34. The van der Waals surface area contributed by atoms with Gasteiger partial charge in [-0.1, -0.05) is 53.7 Å². The zero-order valence-corrected chi connectivity index (χ0v) is 20.0. The molecule has 2 aliphatic rings. The lowest BCUT2D eigenvalue weighted by molar-refractivity contribution is -0.146. The van der Waals surface area contributed by atoms with Crippen molar-refractivity contribution in [3.05, 3.63) is 70.8 Å². The van der Waals surface area contributed by atoms with Crippen molar-refractivity contribution in [3.63, 3.8) is 0 Å². The summed E-state index contributed by atoms with van der Waals surface area (Å²) in [6.07, 6.45) is 0.347. The van der Waals surface area contributed by atoms with Gasteiger partial charge >= 0.3 is 5.97 Å². The van der Waals surface area contributed by atoms with Gasteiger partial charge in [-0.2, -0.15) is 0 Å². The van der Waals surface area contributed by atoms with Crippen molar-refractivity contribution < 1.29 is 24.0 Å². The van der Waals surface area contributed by atoms with Crippen LogP contribution >= 0.6 is 0 Å². The molecule has 2 amide bonds. The zero-order chi connectivity index (χ0) is 25.7. The average Bonchev–Trinajstić information content (AvgIpc) is 3.35. The smallest absolute Gasteiger partial charge is 0.308 e. The highest BCUT2D eigenvalue weighted by Crippen LogP contribution is 2.21. The van der Waals surface area contributed by atoms with E-state index in [0.717, 1.165) is 11.1 Å². The molecule has 2 heterocycles. The second-order valence-electron chi connectivity index (χ2n) is 8.84. The van der Waals surface area contributed by atoms with Crippen LogP contribution in [0.1, 0.15) is 41.5 Å². The highest BCUT2D eigenvalue weighted by molar-refractivity contribution is 6.03. The summed E-state index contributed by atoms with van der Waals surface area (Å²) in [5, 5.41) is 14.3. The number of amides is 2. The van der Waals surface area contributed by atoms with E-state index in [2.05, 4.69) is 10.5 Å². The van der Waals surface area contributed by atoms with Crippen molar-refractivity contribution >= 4 is 29.3 Å². The minimum Gasteiger partial charge on any atom is -0.469 e. The maximum atomic E-state index is 13.3. The summed E-state index contributed by atoms with van der Waals surface area (Å²) < 4.78 is 4.75. The number of hydrogen-bond acceptors (Lipinski definition) is 7. The number of fused-ring (bicyclic) bond motifs is 1. The first-order valence-electron chi connectivity index (χ1n) is 11.7. The molecule has 0 saturated heterocycles. The van der Waals surface area contributed by atoms with Crippen molar-refractivity contribution in [2.45, 2.75) is 44.4 Å². The van der Waals surface area contributed by atoms with Crippen LogP contribution in [0, 0.1) is 5.41 Å². The highest BCUT2D eigenvalue weighted by atomic mass is 16.6. The Kier molecular flexibility index (Phi) is 7.62. The zero-order valence-electron chi connectivity index (χ0n) is 20.0. The van der Waals surface area contributed by atoms with Crippen molar-refractivity contribution in [1.29, 1.82) is 5.41 Å². The molecule has 2 aromatic rings. The maximum absolute atomic E-state index is 13.3. The number of methoxy groups -OCH3 is 1. The molecule has 0 aliphatic carbocycles. The number of carbonyl (C=O) groups is 3. The van der Waals surface area contributed by atoms with Crippen LogP contribution in [0.4, 0.5) is 0 Å². The standard InChI is InChI=1S/C26H29N5O5/c1-35-24(33)14-22(26(34)31-11-10-16-4-2-3-5-19(16)15-31)29-23(32)13-20-12-21(30-36-20)17-6-8-18(9-7-17)25(27)28/h2-9,20,22H,10-15H2,1H3,(H3,27,28)(H,29,32)/t20?,22-/m0/s1. The van der Waals surface area contributed by atoms with Crippen LogP contribution in [0.3, 0.4) is 0 Å². The second kappa shape index (κ2) is 11.0. The molecule has 0 bridgehead atoms. The van der Waals surface area contributed by atoms with Gasteiger partial charge in [-0.05, 0) is 23.1 Å². The van der Waals surface area contributed by atoms with Crippen LogP contribution in [0.2, 0.25) is 0 Å². The quantitative estimate of drug-likeness (QED) is 0.290. The van der Waals surface area contributed by atoms with Gasteiger partial charge in [0, 0.05) is 25.1 Å². The van der Waals surface area contributed by atoms with Gasteiger partial charge in [0.1, 0.15) is 18.0 Å². The van der Waals surface area contributed by atoms with E-state index < -0.39 is 24.0 Å². The number of esters is 1. The summed E-state index contributed by atoms with van der Waals surface area (Å²) in [6, 6.07) is 13.9. The molecule has 4 N–H and O–H groups in total. The van der Waals surface area contributed by atoms with Crippen molar-refractivity contribution in [3.8, 4) is 0 Å².